The molecule has 3 aromatic rings. The van der Waals surface area contributed by atoms with Crippen molar-refractivity contribution < 1.29 is 0 Å². The van der Waals surface area contributed by atoms with E-state index in [0.29, 0.717) is 17.9 Å². The minimum Gasteiger partial charge on any atom is -0.366 e. The minimum atomic E-state index is 0.493. The molecule has 3 aromatic heterocycles. The van der Waals surface area contributed by atoms with E-state index in [-0.39, 0.29) is 0 Å². The Bertz CT molecular complexity index is 1110. The maximum absolute atomic E-state index is 5.04. The normalized spacial score (nSPS) is 22.5. The summed E-state index contributed by atoms with van der Waals surface area (Å²) in [5, 5.41) is 8.11. The van der Waals surface area contributed by atoms with Crippen LogP contribution in [0.25, 0.3) is 5.65 Å². The van der Waals surface area contributed by atoms with E-state index < -0.39 is 0 Å². The predicted octanol–water partition coefficient (Wildman–Crippen LogP) is 6.67. The summed E-state index contributed by atoms with van der Waals surface area (Å²) in [6.07, 6.45) is 14.7. The molecule has 0 atom stereocenters. The van der Waals surface area contributed by atoms with Crippen molar-refractivity contribution in [3.63, 3.8) is 0 Å². The van der Waals surface area contributed by atoms with Gasteiger partial charge in [0.1, 0.15) is 5.82 Å². The average Bonchev–Trinajstić information content (AvgIpc) is 3.28. The van der Waals surface area contributed by atoms with Crippen molar-refractivity contribution in [2.45, 2.75) is 84.2 Å². The number of likely N-dealkylation sites (tertiary alicyclic amines) is 1. The van der Waals surface area contributed by atoms with E-state index in [1.807, 2.05) is 23.0 Å². The summed E-state index contributed by atoms with van der Waals surface area (Å²) in [6, 6.07) is 7.04. The number of fused-ring (bicyclic) bond motifs is 1. The fraction of sp³-hybridized carbons (Fsp3) is 0.607. The molecule has 0 bridgehead atoms. The Morgan fingerprint density at radius 3 is 2.54 bits per heavy atom. The lowest BCUT2D eigenvalue weighted by atomic mass is 9.68. The Morgan fingerprint density at radius 1 is 1.09 bits per heavy atom. The van der Waals surface area contributed by atoms with Gasteiger partial charge in [0.2, 0.25) is 0 Å². The van der Waals surface area contributed by atoms with Gasteiger partial charge in [-0.2, -0.15) is 9.61 Å². The van der Waals surface area contributed by atoms with Crippen molar-refractivity contribution in [3.8, 4) is 0 Å². The van der Waals surface area contributed by atoms with Crippen LogP contribution in [0.3, 0.4) is 0 Å². The quantitative estimate of drug-likeness (QED) is 0.363. The third kappa shape index (κ3) is 5.41. The zero-order chi connectivity index (χ0) is 24.4. The van der Waals surface area contributed by atoms with Gasteiger partial charge in [-0.05, 0) is 90.5 Å². The van der Waals surface area contributed by atoms with Gasteiger partial charge in [0.15, 0.2) is 5.65 Å². The van der Waals surface area contributed by atoms with Gasteiger partial charge in [0.25, 0.3) is 0 Å². The molecule has 0 radical (unpaired) electrons. The molecule has 1 saturated heterocycles. The lowest BCUT2D eigenvalue weighted by Crippen LogP contribution is -2.44. The number of pyridine rings is 1. The van der Waals surface area contributed by atoms with Crippen molar-refractivity contribution >= 4 is 27.4 Å². The topological polar surface area (TPSA) is 58.4 Å². The molecule has 0 unspecified atom stereocenters. The Balaban J connectivity index is 1.24. The number of hydrogen-bond acceptors (Lipinski definition) is 5. The fourth-order valence-corrected chi connectivity index (χ4v) is 6.40. The first-order chi connectivity index (χ1) is 16.9. The minimum absolute atomic E-state index is 0.493. The Morgan fingerprint density at radius 2 is 1.86 bits per heavy atom. The molecule has 1 aliphatic carbocycles. The Kier molecular flexibility index (Phi) is 7.44. The van der Waals surface area contributed by atoms with Crippen LogP contribution in [-0.2, 0) is 6.54 Å². The zero-order valence-corrected chi connectivity index (χ0v) is 23.0. The fourth-order valence-electron chi connectivity index (χ4n) is 6.06. The summed E-state index contributed by atoms with van der Waals surface area (Å²) in [5.74, 6) is 2.37. The van der Waals surface area contributed by atoms with Gasteiger partial charge in [-0.25, -0.2) is 4.98 Å². The number of nitrogens with one attached hydrogen (secondary N) is 1. The molecule has 188 valence electrons. The molecule has 0 amide bonds. The number of nitrogens with zero attached hydrogens (tertiary/aromatic N) is 5. The summed E-state index contributed by atoms with van der Waals surface area (Å²) >= 11 is 3.65. The number of aromatic nitrogens is 4. The van der Waals surface area contributed by atoms with E-state index in [9.17, 15) is 0 Å². The monoisotopic (exact) mass is 538 g/mol. The maximum atomic E-state index is 5.04. The van der Waals surface area contributed by atoms with Crippen LogP contribution in [0.15, 0.2) is 41.3 Å². The number of piperidine rings is 1. The highest BCUT2D eigenvalue weighted by atomic mass is 79.9. The number of anilines is 1. The van der Waals surface area contributed by atoms with Crippen molar-refractivity contribution in [2.75, 3.05) is 18.4 Å². The molecule has 35 heavy (non-hydrogen) atoms. The van der Waals surface area contributed by atoms with Gasteiger partial charge < -0.3 is 10.2 Å². The smallest absolute Gasteiger partial charge is 0.171 e. The van der Waals surface area contributed by atoms with Gasteiger partial charge in [0, 0.05) is 42.7 Å². The van der Waals surface area contributed by atoms with Gasteiger partial charge in [-0.1, -0.05) is 33.3 Å². The largest absolute Gasteiger partial charge is 0.366 e. The highest BCUT2D eigenvalue weighted by Gasteiger charge is 2.35. The summed E-state index contributed by atoms with van der Waals surface area (Å²) in [6.45, 7) is 10.4. The third-order valence-corrected chi connectivity index (χ3v) is 9.38. The van der Waals surface area contributed by atoms with Crippen LogP contribution in [0, 0.1) is 11.3 Å². The molecule has 0 aromatic carbocycles. The highest BCUT2D eigenvalue weighted by Crippen LogP contribution is 2.42. The van der Waals surface area contributed by atoms with Crippen LogP contribution in [-0.4, -0.2) is 43.6 Å². The maximum Gasteiger partial charge on any atom is 0.171 e. The second kappa shape index (κ2) is 10.6. The molecule has 1 N–H and O–H groups in total. The van der Waals surface area contributed by atoms with E-state index in [1.165, 1.54) is 63.7 Å². The first kappa shape index (κ1) is 24.7. The number of rotatable bonds is 7. The molecule has 2 fully saturated rings. The molecular formula is C28H39BrN6. The van der Waals surface area contributed by atoms with Gasteiger partial charge in [0.05, 0.1) is 10.7 Å². The molecule has 2 aliphatic rings. The molecule has 1 saturated carbocycles. The SMILES string of the molecule is CCC(C)(C)C1CCC(N2CCC(c3cc(NCc4cccnc4)n4ncc(Br)c4n3)CC2)CC1. The zero-order valence-electron chi connectivity index (χ0n) is 21.4. The highest BCUT2D eigenvalue weighted by molar-refractivity contribution is 9.10. The van der Waals surface area contributed by atoms with Crippen LogP contribution < -0.4 is 5.32 Å². The van der Waals surface area contributed by atoms with Crippen molar-refractivity contribution in [1.82, 2.24) is 24.5 Å². The Hall–Kier alpha value is -1.99. The molecule has 0 spiro atoms. The standard InChI is InChI=1S/C28H39BrN6/c1-4-28(2,3)22-7-9-23(10-8-22)34-14-11-21(12-15-34)25-16-26(31-18-20-6-5-13-30-17-20)35-27(33-25)24(29)19-32-35/h5-6,13,16-17,19,21-23,31H,4,7-12,14-15,18H2,1-3H3. The summed E-state index contributed by atoms with van der Waals surface area (Å²) in [4.78, 5) is 12.1. The lowest BCUT2D eigenvalue weighted by Gasteiger charge is -2.44. The van der Waals surface area contributed by atoms with Crippen molar-refractivity contribution in [1.29, 1.82) is 0 Å². The first-order valence-corrected chi connectivity index (χ1v) is 14.1. The lowest BCUT2D eigenvalue weighted by molar-refractivity contribution is 0.0705. The van der Waals surface area contributed by atoms with Gasteiger partial charge in [-0.3, -0.25) is 4.98 Å². The third-order valence-electron chi connectivity index (χ3n) is 8.82. The van der Waals surface area contributed by atoms with Crippen molar-refractivity contribution in [2.24, 2.45) is 11.3 Å². The summed E-state index contributed by atoms with van der Waals surface area (Å²) in [5.41, 5.74) is 3.71. The number of halogens is 1. The van der Waals surface area contributed by atoms with Crippen LogP contribution >= 0.6 is 15.9 Å². The second-order valence-electron chi connectivity index (χ2n) is 11.2. The molecule has 5 rings (SSSR count). The van der Waals surface area contributed by atoms with Gasteiger partial charge >= 0.3 is 0 Å². The van der Waals surface area contributed by atoms with E-state index in [1.54, 1.807) is 6.20 Å². The van der Waals surface area contributed by atoms with Crippen LogP contribution in [0.1, 0.15) is 82.9 Å². The first-order valence-electron chi connectivity index (χ1n) is 13.4. The molecule has 6 nitrogen and oxygen atoms in total. The van der Waals surface area contributed by atoms with Crippen LogP contribution in [0.5, 0.6) is 0 Å². The van der Waals surface area contributed by atoms with Gasteiger partial charge in [-0.15, -0.1) is 0 Å². The van der Waals surface area contributed by atoms with E-state index >= 15 is 0 Å². The average molecular weight is 540 g/mol. The van der Waals surface area contributed by atoms with Crippen LogP contribution in [0.4, 0.5) is 5.82 Å². The summed E-state index contributed by atoms with van der Waals surface area (Å²) in [7, 11) is 0. The predicted molar refractivity (Wildman–Crippen MR) is 146 cm³/mol. The Labute approximate surface area is 218 Å². The molecule has 1 aliphatic heterocycles. The molecule has 7 heteroatoms. The van der Waals surface area contributed by atoms with E-state index in [0.717, 1.165) is 33.5 Å². The van der Waals surface area contributed by atoms with Crippen molar-refractivity contribution in [3.05, 3.63) is 52.5 Å². The van der Waals surface area contributed by atoms with E-state index in [4.69, 9.17) is 4.98 Å². The van der Waals surface area contributed by atoms with E-state index in [2.05, 4.69) is 69.1 Å². The molecular weight excluding hydrogens is 500 g/mol. The second-order valence-corrected chi connectivity index (χ2v) is 12.0. The summed E-state index contributed by atoms with van der Waals surface area (Å²) < 4.78 is 2.84. The molecule has 4 heterocycles. The number of hydrogen-bond donors (Lipinski definition) is 1. The van der Waals surface area contributed by atoms with Crippen LogP contribution in [0.2, 0.25) is 0 Å².